The molecule has 1 aromatic carbocycles. The molecule has 0 aliphatic heterocycles. The highest BCUT2D eigenvalue weighted by atomic mass is 79.9. The number of nitrogens with two attached hydrogens (primary N) is 1. The summed E-state index contributed by atoms with van der Waals surface area (Å²) in [6.45, 7) is 0. The predicted molar refractivity (Wildman–Crippen MR) is 55.4 cm³/mol. The number of hydrogen-bond acceptors (Lipinski definition) is 2. The maximum absolute atomic E-state index is 10.5. The van der Waals surface area contributed by atoms with E-state index in [0.717, 1.165) is 4.47 Å². The average molecular weight is 246 g/mol. The van der Waals surface area contributed by atoms with Crippen molar-refractivity contribution in [1.82, 2.24) is 0 Å². The van der Waals surface area contributed by atoms with Crippen molar-refractivity contribution in [3.05, 3.63) is 34.3 Å². The van der Waals surface area contributed by atoms with Gasteiger partial charge < -0.3 is 10.8 Å². The van der Waals surface area contributed by atoms with E-state index in [1.807, 2.05) is 6.07 Å². The number of carboxylic acid groups (broad SMARTS) is 1. The fourth-order valence-electron chi connectivity index (χ4n) is 0.843. The second-order valence-electron chi connectivity index (χ2n) is 2.37. The maximum Gasteiger partial charge on any atom is 0.325 e. The molecule has 1 unspecified atom stereocenters. The molecule has 0 aromatic heterocycles. The van der Waals surface area contributed by atoms with E-state index in [0.29, 0.717) is 5.56 Å². The molecule has 0 aliphatic carbocycles. The molecule has 0 saturated heterocycles. The van der Waals surface area contributed by atoms with Crippen molar-refractivity contribution in [3.63, 3.8) is 0 Å². The molecule has 0 amide bonds. The van der Waals surface area contributed by atoms with Gasteiger partial charge in [0.1, 0.15) is 6.04 Å². The van der Waals surface area contributed by atoms with E-state index in [-0.39, 0.29) is 7.43 Å². The number of aliphatic carboxylic acids is 1. The van der Waals surface area contributed by atoms with Gasteiger partial charge >= 0.3 is 5.97 Å². The number of rotatable bonds is 2. The first-order chi connectivity index (χ1) is 5.61. The summed E-state index contributed by atoms with van der Waals surface area (Å²) >= 11 is 3.23. The summed E-state index contributed by atoms with van der Waals surface area (Å²) in [6, 6.07) is 6.00. The van der Waals surface area contributed by atoms with E-state index in [1.54, 1.807) is 18.2 Å². The SMILES string of the molecule is C.NC(C(=O)O)c1cccc(Br)c1. The van der Waals surface area contributed by atoms with Crippen LogP contribution in [0.1, 0.15) is 19.0 Å². The Kier molecular flexibility index (Phi) is 4.66. The highest BCUT2D eigenvalue weighted by Gasteiger charge is 2.13. The zero-order chi connectivity index (χ0) is 9.14. The fraction of sp³-hybridized carbons (Fsp3) is 0.222. The van der Waals surface area contributed by atoms with Crippen molar-refractivity contribution in [3.8, 4) is 0 Å². The molecule has 0 saturated carbocycles. The number of halogens is 1. The summed E-state index contributed by atoms with van der Waals surface area (Å²) in [5.41, 5.74) is 5.98. The summed E-state index contributed by atoms with van der Waals surface area (Å²) in [5.74, 6) is -1.02. The largest absolute Gasteiger partial charge is 0.480 e. The Morgan fingerprint density at radius 1 is 1.54 bits per heavy atom. The standard InChI is InChI=1S/C8H8BrNO2.CH4/c9-6-3-1-2-5(4-6)7(10)8(11)12;/h1-4,7H,10H2,(H,11,12);1H4. The fourth-order valence-corrected chi connectivity index (χ4v) is 1.26. The number of carboxylic acids is 1. The van der Waals surface area contributed by atoms with E-state index in [4.69, 9.17) is 10.8 Å². The molecule has 0 spiro atoms. The Morgan fingerprint density at radius 3 is 2.62 bits per heavy atom. The molecule has 0 heterocycles. The molecule has 1 rings (SSSR count). The van der Waals surface area contributed by atoms with Gasteiger partial charge in [0, 0.05) is 4.47 Å². The topological polar surface area (TPSA) is 63.3 Å². The Bertz CT molecular complexity index is 301. The third kappa shape index (κ3) is 3.16. The third-order valence-corrected chi connectivity index (χ3v) is 1.97. The zero-order valence-corrected chi connectivity index (χ0v) is 7.78. The lowest BCUT2D eigenvalue weighted by molar-refractivity contribution is -0.138. The lowest BCUT2D eigenvalue weighted by atomic mass is 10.1. The summed E-state index contributed by atoms with van der Waals surface area (Å²) in [5, 5.41) is 8.59. The van der Waals surface area contributed by atoms with Gasteiger partial charge in [-0.15, -0.1) is 0 Å². The minimum absolute atomic E-state index is 0. The summed E-state index contributed by atoms with van der Waals surface area (Å²) in [4.78, 5) is 10.5. The van der Waals surface area contributed by atoms with E-state index in [9.17, 15) is 4.79 Å². The van der Waals surface area contributed by atoms with Gasteiger partial charge in [-0.05, 0) is 17.7 Å². The second kappa shape index (κ2) is 4.99. The normalized spacial score (nSPS) is 11.5. The van der Waals surface area contributed by atoms with Gasteiger partial charge in [0.25, 0.3) is 0 Å². The molecule has 1 atom stereocenters. The Hall–Kier alpha value is -0.870. The van der Waals surface area contributed by atoms with Crippen LogP contribution in [0.3, 0.4) is 0 Å². The smallest absolute Gasteiger partial charge is 0.325 e. The van der Waals surface area contributed by atoms with Gasteiger partial charge in [0.15, 0.2) is 0 Å². The zero-order valence-electron chi connectivity index (χ0n) is 6.20. The first-order valence-corrected chi connectivity index (χ1v) is 4.14. The molecule has 72 valence electrons. The second-order valence-corrected chi connectivity index (χ2v) is 3.29. The van der Waals surface area contributed by atoms with Gasteiger partial charge in [-0.2, -0.15) is 0 Å². The highest BCUT2D eigenvalue weighted by Crippen LogP contribution is 2.16. The van der Waals surface area contributed by atoms with Crippen LogP contribution >= 0.6 is 15.9 Å². The Labute approximate surface area is 85.7 Å². The average Bonchev–Trinajstić information content (AvgIpc) is 2.03. The summed E-state index contributed by atoms with van der Waals surface area (Å²) in [7, 11) is 0. The van der Waals surface area contributed by atoms with Crippen LogP contribution in [0, 0.1) is 0 Å². The molecule has 13 heavy (non-hydrogen) atoms. The monoisotopic (exact) mass is 245 g/mol. The first-order valence-electron chi connectivity index (χ1n) is 3.35. The van der Waals surface area contributed by atoms with E-state index < -0.39 is 12.0 Å². The highest BCUT2D eigenvalue weighted by molar-refractivity contribution is 9.10. The van der Waals surface area contributed by atoms with Gasteiger partial charge in [-0.25, -0.2) is 0 Å². The summed E-state index contributed by atoms with van der Waals surface area (Å²) in [6.07, 6.45) is 0. The van der Waals surface area contributed by atoms with Crippen molar-refractivity contribution >= 4 is 21.9 Å². The van der Waals surface area contributed by atoms with Crippen molar-refractivity contribution in [2.45, 2.75) is 13.5 Å². The van der Waals surface area contributed by atoms with Crippen LogP contribution in [0.5, 0.6) is 0 Å². The van der Waals surface area contributed by atoms with Gasteiger partial charge in [0.05, 0.1) is 0 Å². The Balaban J connectivity index is 0.00000144. The molecule has 0 aliphatic rings. The number of hydrogen-bond donors (Lipinski definition) is 2. The van der Waals surface area contributed by atoms with Crippen molar-refractivity contribution in [2.24, 2.45) is 5.73 Å². The lowest BCUT2D eigenvalue weighted by Gasteiger charge is -2.05. The van der Waals surface area contributed by atoms with Crippen LogP contribution < -0.4 is 5.73 Å². The van der Waals surface area contributed by atoms with Crippen LogP contribution in [0.2, 0.25) is 0 Å². The van der Waals surface area contributed by atoms with E-state index in [2.05, 4.69) is 15.9 Å². The molecule has 0 fully saturated rings. The van der Waals surface area contributed by atoms with E-state index >= 15 is 0 Å². The minimum Gasteiger partial charge on any atom is -0.480 e. The van der Waals surface area contributed by atoms with Crippen molar-refractivity contribution in [2.75, 3.05) is 0 Å². The van der Waals surface area contributed by atoms with Gasteiger partial charge in [-0.1, -0.05) is 35.5 Å². The van der Waals surface area contributed by atoms with Gasteiger partial charge in [-0.3, -0.25) is 4.79 Å². The van der Waals surface area contributed by atoms with Crippen LogP contribution in [0.4, 0.5) is 0 Å². The minimum atomic E-state index is -1.02. The van der Waals surface area contributed by atoms with Crippen LogP contribution in [0.15, 0.2) is 28.7 Å². The molecule has 3 N–H and O–H groups in total. The molecule has 4 heteroatoms. The molecular weight excluding hydrogens is 234 g/mol. The van der Waals surface area contributed by atoms with E-state index in [1.165, 1.54) is 0 Å². The van der Waals surface area contributed by atoms with Crippen LogP contribution in [-0.2, 0) is 4.79 Å². The lowest BCUT2D eigenvalue weighted by Crippen LogP contribution is -2.20. The molecule has 3 nitrogen and oxygen atoms in total. The van der Waals surface area contributed by atoms with Gasteiger partial charge in [0.2, 0.25) is 0 Å². The quantitative estimate of drug-likeness (QED) is 0.840. The third-order valence-electron chi connectivity index (χ3n) is 1.47. The Morgan fingerprint density at radius 2 is 2.15 bits per heavy atom. The van der Waals surface area contributed by atoms with Crippen molar-refractivity contribution in [1.29, 1.82) is 0 Å². The first kappa shape index (κ1) is 12.1. The van der Waals surface area contributed by atoms with Crippen molar-refractivity contribution < 1.29 is 9.90 Å². The predicted octanol–water partition coefficient (Wildman–Crippen LogP) is 2.17. The number of benzene rings is 1. The molecular formula is C9H12BrNO2. The molecule has 1 aromatic rings. The number of carbonyl (C=O) groups is 1. The van der Waals surface area contributed by atoms with Crippen LogP contribution in [0.25, 0.3) is 0 Å². The van der Waals surface area contributed by atoms with Crippen LogP contribution in [-0.4, -0.2) is 11.1 Å². The molecule has 0 radical (unpaired) electrons. The summed E-state index contributed by atoms with van der Waals surface area (Å²) < 4.78 is 0.830. The molecule has 0 bridgehead atoms. The maximum atomic E-state index is 10.5.